The lowest BCUT2D eigenvalue weighted by molar-refractivity contribution is -0.140. The van der Waals surface area contributed by atoms with Crippen molar-refractivity contribution in [2.24, 2.45) is 0 Å². The minimum absolute atomic E-state index is 0.0602. The molecule has 5 heteroatoms. The second-order valence-corrected chi connectivity index (χ2v) is 4.22. The third kappa shape index (κ3) is 5.55. The highest BCUT2D eigenvalue weighted by Crippen LogP contribution is 1.90. The van der Waals surface area contributed by atoms with Gasteiger partial charge in [-0.05, 0) is 0 Å². The van der Waals surface area contributed by atoms with Crippen molar-refractivity contribution in [1.29, 1.82) is 0 Å². The van der Waals surface area contributed by atoms with Gasteiger partial charge in [-0.1, -0.05) is 0 Å². The van der Waals surface area contributed by atoms with Gasteiger partial charge in [-0.2, -0.15) is 0 Å². The van der Waals surface area contributed by atoms with Gasteiger partial charge in [-0.25, -0.2) is 8.42 Å². The van der Waals surface area contributed by atoms with Gasteiger partial charge in [0.1, 0.15) is 9.84 Å². The van der Waals surface area contributed by atoms with Crippen molar-refractivity contribution in [2.45, 2.75) is 6.42 Å². The normalized spacial score (nSPS) is 11.0. The molecular formula is C5H10O4S. The van der Waals surface area contributed by atoms with Crippen LogP contribution in [0.3, 0.4) is 0 Å². The Labute approximate surface area is 60.1 Å². The molecule has 0 radical (unpaired) electrons. The van der Waals surface area contributed by atoms with E-state index in [0.29, 0.717) is 0 Å². The molecule has 0 rings (SSSR count). The topological polar surface area (TPSA) is 60.4 Å². The quantitative estimate of drug-likeness (QED) is 0.535. The van der Waals surface area contributed by atoms with Gasteiger partial charge in [0.25, 0.3) is 0 Å². The molecule has 0 aliphatic carbocycles. The fourth-order valence-electron chi connectivity index (χ4n) is 0.371. The molecule has 10 heavy (non-hydrogen) atoms. The first-order valence-corrected chi connectivity index (χ1v) is 4.76. The monoisotopic (exact) mass is 166 g/mol. The zero-order chi connectivity index (χ0) is 8.20. The fourth-order valence-corrected chi connectivity index (χ4v) is 0.908. The third-order valence-electron chi connectivity index (χ3n) is 0.905. The lowest BCUT2D eigenvalue weighted by Gasteiger charge is -1.95. The number of esters is 1. The summed E-state index contributed by atoms with van der Waals surface area (Å²) in [5.74, 6) is -0.634. The first-order valence-electron chi connectivity index (χ1n) is 2.70. The predicted octanol–water partition coefficient (Wildman–Crippen LogP) is -0.406. The summed E-state index contributed by atoms with van der Waals surface area (Å²) in [4.78, 5) is 10.4. The first-order chi connectivity index (χ1) is 4.45. The number of sulfone groups is 1. The summed E-state index contributed by atoms with van der Waals surface area (Å²) in [5, 5.41) is 0. The number of rotatable bonds is 3. The summed E-state index contributed by atoms with van der Waals surface area (Å²) in [6.07, 6.45) is 1.02. The molecule has 0 aromatic carbocycles. The number of ether oxygens (including phenoxy) is 1. The molecule has 0 fully saturated rings. The van der Waals surface area contributed by atoms with Crippen molar-refractivity contribution in [3.05, 3.63) is 0 Å². The minimum atomic E-state index is -3.03. The van der Waals surface area contributed by atoms with Crippen LogP contribution in [0.25, 0.3) is 0 Å². The van der Waals surface area contributed by atoms with Gasteiger partial charge in [0.2, 0.25) is 0 Å². The lowest BCUT2D eigenvalue weighted by Crippen LogP contribution is -2.10. The average Bonchev–Trinajstić information content (AvgIpc) is 1.81. The molecule has 0 saturated heterocycles. The molecule has 0 N–H and O–H groups in total. The zero-order valence-electron chi connectivity index (χ0n) is 5.96. The highest BCUT2D eigenvalue weighted by molar-refractivity contribution is 7.90. The maximum Gasteiger partial charge on any atom is 0.306 e. The standard InChI is InChI=1S/C5H10O4S/c1-9-5(6)3-4-10(2,7)8/h3-4H2,1-2H3. The lowest BCUT2D eigenvalue weighted by atomic mass is 10.5. The summed E-state index contributed by atoms with van der Waals surface area (Å²) in [5.41, 5.74) is 0. The molecule has 0 aliphatic rings. The fraction of sp³-hybridized carbons (Fsp3) is 0.800. The molecule has 0 unspecified atom stereocenters. The SMILES string of the molecule is COC(=O)CCS(C)(=O)=O. The van der Waals surface area contributed by atoms with Gasteiger partial charge in [-0.3, -0.25) is 4.79 Å². The minimum Gasteiger partial charge on any atom is -0.469 e. The summed E-state index contributed by atoms with van der Waals surface area (Å²) in [7, 11) is -1.80. The average molecular weight is 166 g/mol. The Morgan fingerprint density at radius 3 is 2.30 bits per heavy atom. The van der Waals surface area contributed by atoms with Crippen LogP contribution < -0.4 is 0 Å². The van der Waals surface area contributed by atoms with Crippen LogP contribution >= 0.6 is 0 Å². The van der Waals surface area contributed by atoms with Crippen molar-refractivity contribution in [1.82, 2.24) is 0 Å². The van der Waals surface area contributed by atoms with E-state index in [-0.39, 0.29) is 12.2 Å². The van der Waals surface area contributed by atoms with E-state index >= 15 is 0 Å². The summed E-state index contributed by atoms with van der Waals surface area (Å²) in [6, 6.07) is 0. The third-order valence-corrected chi connectivity index (χ3v) is 1.85. The van der Waals surface area contributed by atoms with Crippen LogP contribution in [-0.2, 0) is 19.4 Å². The molecule has 0 heterocycles. The highest BCUT2D eigenvalue weighted by Gasteiger charge is 2.06. The molecule has 4 nitrogen and oxygen atoms in total. The van der Waals surface area contributed by atoms with Crippen LogP contribution in [0.5, 0.6) is 0 Å². The van der Waals surface area contributed by atoms with Crippen molar-refractivity contribution < 1.29 is 17.9 Å². The van der Waals surface area contributed by atoms with E-state index in [1.165, 1.54) is 7.11 Å². The Hall–Kier alpha value is -0.580. The molecule has 0 spiro atoms. The maximum absolute atomic E-state index is 10.4. The Morgan fingerprint density at radius 1 is 1.50 bits per heavy atom. The van der Waals surface area contributed by atoms with Gasteiger partial charge >= 0.3 is 5.97 Å². The predicted molar refractivity (Wildman–Crippen MR) is 36.3 cm³/mol. The molecule has 0 bridgehead atoms. The van der Waals surface area contributed by atoms with Crippen LogP contribution in [0.1, 0.15) is 6.42 Å². The Kier molecular flexibility index (Phi) is 3.35. The van der Waals surface area contributed by atoms with Gasteiger partial charge < -0.3 is 4.74 Å². The van der Waals surface area contributed by atoms with E-state index < -0.39 is 15.8 Å². The Balaban J connectivity index is 3.67. The van der Waals surface area contributed by atoms with Crippen LogP contribution in [0.15, 0.2) is 0 Å². The second kappa shape index (κ2) is 3.55. The van der Waals surface area contributed by atoms with E-state index in [4.69, 9.17) is 0 Å². The molecule has 60 valence electrons. The number of carbonyl (C=O) groups excluding carboxylic acids is 1. The number of methoxy groups -OCH3 is 1. The summed E-state index contributed by atoms with van der Waals surface area (Å²) >= 11 is 0. The zero-order valence-corrected chi connectivity index (χ0v) is 6.77. The van der Waals surface area contributed by atoms with E-state index in [0.717, 1.165) is 6.26 Å². The van der Waals surface area contributed by atoms with Crippen molar-refractivity contribution >= 4 is 15.8 Å². The van der Waals surface area contributed by atoms with Gasteiger partial charge in [-0.15, -0.1) is 0 Å². The Bertz CT molecular complexity index is 204. The molecule has 0 atom stereocenters. The first kappa shape index (κ1) is 9.42. The number of hydrogen-bond acceptors (Lipinski definition) is 4. The van der Waals surface area contributed by atoms with Gasteiger partial charge in [0, 0.05) is 6.26 Å². The molecular weight excluding hydrogens is 156 g/mol. The van der Waals surface area contributed by atoms with Crippen molar-refractivity contribution in [2.75, 3.05) is 19.1 Å². The second-order valence-electron chi connectivity index (χ2n) is 1.96. The summed E-state index contributed by atoms with van der Waals surface area (Å²) < 4.78 is 25.1. The maximum atomic E-state index is 10.4. The number of hydrogen-bond donors (Lipinski definition) is 0. The van der Waals surface area contributed by atoms with E-state index in [9.17, 15) is 13.2 Å². The number of carbonyl (C=O) groups is 1. The Morgan fingerprint density at radius 2 is 2.00 bits per heavy atom. The van der Waals surface area contributed by atoms with Gasteiger partial charge in [0.05, 0.1) is 19.3 Å². The van der Waals surface area contributed by atoms with Crippen molar-refractivity contribution in [3.63, 3.8) is 0 Å². The molecule has 0 amide bonds. The summed E-state index contributed by atoms with van der Waals surface area (Å²) in [6.45, 7) is 0. The van der Waals surface area contributed by atoms with Crippen molar-refractivity contribution in [3.8, 4) is 0 Å². The van der Waals surface area contributed by atoms with E-state index in [1.54, 1.807) is 0 Å². The molecule has 0 aromatic rings. The van der Waals surface area contributed by atoms with Crippen LogP contribution in [0.4, 0.5) is 0 Å². The van der Waals surface area contributed by atoms with E-state index in [2.05, 4.69) is 4.74 Å². The van der Waals surface area contributed by atoms with E-state index in [1.807, 2.05) is 0 Å². The molecule has 0 aliphatic heterocycles. The molecule has 0 aromatic heterocycles. The van der Waals surface area contributed by atoms with Crippen LogP contribution in [0, 0.1) is 0 Å². The van der Waals surface area contributed by atoms with Gasteiger partial charge in [0.15, 0.2) is 0 Å². The van der Waals surface area contributed by atoms with Crippen LogP contribution in [-0.4, -0.2) is 33.5 Å². The largest absolute Gasteiger partial charge is 0.469 e. The van der Waals surface area contributed by atoms with Crippen LogP contribution in [0.2, 0.25) is 0 Å². The smallest absolute Gasteiger partial charge is 0.306 e. The highest BCUT2D eigenvalue weighted by atomic mass is 32.2. The molecule has 0 saturated carbocycles.